The van der Waals surface area contributed by atoms with Gasteiger partial charge in [0.1, 0.15) is 5.01 Å². The highest BCUT2D eigenvalue weighted by atomic mass is 32.1. The molecule has 1 heterocycles. The lowest BCUT2D eigenvalue weighted by atomic mass is 10.1. The van der Waals surface area contributed by atoms with Crippen molar-refractivity contribution in [1.29, 1.82) is 0 Å². The predicted molar refractivity (Wildman–Crippen MR) is 117 cm³/mol. The normalized spacial score (nSPS) is 10.6. The molecule has 3 rings (SSSR count). The molecule has 0 saturated heterocycles. The van der Waals surface area contributed by atoms with Crippen LogP contribution in [0.4, 0.5) is 0 Å². The molecule has 1 amide bonds. The second-order valence-electron chi connectivity index (χ2n) is 6.65. The lowest BCUT2D eigenvalue weighted by molar-refractivity contribution is -0.121. The van der Waals surface area contributed by atoms with Crippen molar-refractivity contribution in [2.75, 3.05) is 13.7 Å². The number of methoxy groups -OCH3 is 1. The van der Waals surface area contributed by atoms with E-state index in [-0.39, 0.29) is 5.91 Å². The van der Waals surface area contributed by atoms with Gasteiger partial charge in [-0.3, -0.25) is 4.79 Å². The van der Waals surface area contributed by atoms with Crippen molar-refractivity contribution in [3.8, 4) is 22.1 Å². The summed E-state index contributed by atoms with van der Waals surface area (Å²) < 4.78 is 10.9. The topological polar surface area (TPSA) is 60.5 Å². The first-order valence-electron chi connectivity index (χ1n) is 9.67. The fourth-order valence-corrected chi connectivity index (χ4v) is 3.91. The van der Waals surface area contributed by atoms with Gasteiger partial charge in [0.05, 0.1) is 26.0 Å². The first-order chi connectivity index (χ1) is 14.1. The van der Waals surface area contributed by atoms with E-state index in [4.69, 9.17) is 9.47 Å². The summed E-state index contributed by atoms with van der Waals surface area (Å²) in [6.45, 7) is 5.03. The minimum absolute atomic E-state index is 0.00305. The number of amides is 1. The van der Waals surface area contributed by atoms with Crippen molar-refractivity contribution in [2.24, 2.45) is 0 Å². The summed E-state index contributed by atoms with van der Waals surface area (Å²) in [7, 11) is 1.62. The molecule has 0 atom stereocenters. The minimum atomic E-state index is 0.00305. The molecule has 0 saturated carbocycles. The maximum atomic E-state index is 12.3. The summed E-state index contributed by atoms with van der Waals surface area (Å²) in [6.07, 6.45) is 1.05. The van der Waals surface area contributed by atoms with Crippen molar-refractivity contribution in [3.05, 3.63) is 64.7 Å². The van der Waals surface area contributed by atoms with Crippen molar-refractivity contribution in [1.82, 2.24) is 10.3 Å². The predicted octanol–water partition coefficient (Wildman–Crippen LogP) is 4.77. The van der Waals surface area contributed by atoms with Gasteiger partial charge in [0.25, 0.3) is 0 Å². The first kappa shape index (κ1) is 20.9. The standard InChI is InChI=1S/C23H26N2O3S/c1-4-28-20-11-9-17(13-21(20)27-3)10-12-22(26)24-14-18-15-29-23(25-18)19-8-6-5-7-16(19)2/h5-9,11,13,15H,4,10,12,14H2,1-3H3,(H,24,26). The number of ether oxygens (including phenoxy) is 2. The maximum absolute atomic E-state index is 12.3. The Morgan fingerprint density at radius 3 is 2.76 bits per heavy atom. The molecule has 0 aliphatic carbocycles. The molecule has 2 aromatic carbocycles. The lowest BCUT2D eigenvalue weighted by Crippen LogP contribution is -2.23. The molecule has 1 N–H and O–H groups in total. The van der Waals surface area contributed by atoms with Gasteiger partial charge in [0.15, 0.2) is 11.5 Å². The highest BCUT2D eigenvalue weighted by Gasteiger charge is 2.10. The summed E-state index contributed by atoms with van der Waals surface area (Å²) in [6, 6.07) is 14.0. The number of hydrogen-bond donors (Lipinski definition) is 1. The van der Waals surface area contributed by atoms with E-state index in [0.29, 0.717) is 31.7 Å². The molecule has 0 bridgehead atoms. The number of aromatic nitrogens is 1. The van der Waals surface area contributed by atoms with Crippen LogP contribution in [-0.2, 0) is 17.8 Å². The third kappa shape index (κ3) is 5.57. The number of rotatable bonds is 9. The summed E-state index contributed by atoms with van der Waals surface area (Å²) in [5.41, 5.74) is 4.25. The zero-order chi connectivity index (χ0) is 20.6. The van der Waals surface area contributed by atoms with E-state index >= 15 is 0 Å². The van der Waals surface area contributed by atoms with Crippen LogP contribution >= 0.6 is 11.3 Å². The number of nitrogens with one attached hydrogen (secondary N) is 1. The molecule has 1 aromatic heterocycles. The molecular weight excluding hydrogens is 384 g/mol. The van der Waals surface area contributed by atoms with Crippen molar-refractivity contribution in [2.45, 2.75) is 33.2 Å². The van der Waals surface area contributed by atoms with Crippen LogP contribution in [0.1, 0.15) is 30.2 Å². The molecule has 0 aliphatic rings. The Morgan fingerprint density at radius 1 is 1.17 bits per heavy atom. The Morgan fingerprint density at radius 2 is 2.00 bits per heavy atom. The van der Waals surface area contributed by atoms with Crippen LogP contribution < -0.4 is 14.8 Å². The molecule has 5 nitrogen and oxygen atoms in total. The molecule has 152 valence electrons. The second-order valence-corrected chi connectivity index (χ2v) is 7.51. The summed E-state index contributed by atoms with van der Waals surface area (Å²) in [5, 5.41) is 5.94. The third-order valence-electron chi connectivity index (χ3n) is 4.56. The van der Waals surface area contributed by atoms with Gasteiger partial charge in [-0.05, 0) is 43.5 Å². The van der Waals surface area contributed by atoms with Crippen LogP contribution in [0.5, 0.6) is 11.5 Å². The van der Waals surface area contributed by atoms with E-state index in [1.165, 1.54) is 5.56 Å². The molecule has 6 heteroatoms. The van der Waals surface area contributed by atoms with Gasteiger partial charge in [-0.2, -0.15) is 0 Å². The van der Waals surface area contributed by atoms with Crippen LogP contribution in [0.3, 0.4) is 0 Å². The number of carbonyl (C=O) groups is 1. The van der Waals surface area contributed by atoms with Crippen molar-refractivity contribution in [3.63, 3.8) is 0 Å². The van der Waals surface area contributed by atoms with E-state index in [0.717, 1.165) is 27.6 Å². The van der Waals surface area contributed by atoms with Gasteiger partial charge in [-0.15, -0.1) is 11.3 Å². The highest BCUT2D eigenvalue weighted by Crippen LogP contribution is 2.29. The van der Waals surface area contributed by atoms with E-state index in [9.17, 15) is 4.79 Å². The zero-order valence-corrected chi connectivity index (χ0v) is 17.8. The Hall–Kier alpha value is -2.86. The number of benzene rings is 2. The fourth-order valence-electron chi connectivity index (χ4n) is 3.00. The SMILES string of the molecule is CCOc1ccc(CCC(=O)NCc2csc(-c3ccccc3C)n2)cc1OC. The molecule has 0 aliphatic heterocycles. The molecule has 0 radical (unpaired) electrons. The summed E-state index contributed by atoms with van der Waals surface area (Å²) in [5.74, 6) is 1.41. The van der Waals surface area contributed by atoms with E-state index < -0.39 is 0 Å². The molecule has 29 heavy (non-hydrogen) atoms. The van der Waals surface area contributed by atoms with Crippen LogP contribution in [0.15, 0.2) is 47.8 Å². The summed E-state index contributed by atoms with van der Waals surface area (Å²) in [4.78, 5) is 16.9. The average molecular weight is 411 g/mol. The highest BCUT2D eigenvalue weighted by molar-refractivity contribution is 7.13. The zero-order valence-electron chi connectivity index (χ0n) is 17.0. The number of aryl methyl sites for hydroxylation is 2. The van der Waals surface area contributed by atoms with E-state index in [1.807, 2.05) is 42.6 Å². The Kier molecular flexibility index (Phi) is 7.25. The van der Waals surface area contributed by atoms with Crippen LogP contribution in [0.2, 0.25) is 0 Å². The Balaban J connectivity index is 1.51. The second kappa shape index (κ2) is 10.1. The Bertz CT molecular complexity index is 968. The van der Waals surface area contributed by atoms with Gasteiger partial charge in [-0.25, -0.2) is 4.98 Å². The van der Waals surface area contributed by atoms with Gasteiger partial charge in [0, 0.05) is 17.4 Å². The molecule has 3 aromatic rings. The smallest absolute Gasteiger partial charge is 0.220 e. The van der Waals surface area contributed by atoms with Gasteiger partial charge < -0.3 is 14.8 Å². The minimum Gasteiger partial charge on any atom is -0.493 e. The number of thiazole rings is 1. The van der Waals surface area contributed by atoms with Gasteiger partial charge in [0.2, 0.25) is 5.91 Å². The number of hydrogen-bond acceptors (Lipinski definition) is 5. The largest absolute Gasteiger partial charge is 0.493 e. The monoisotopic (exact) mass is 410 g/mol. The Labute approximate surface area is 175 Å². The van der Waals surface area contributed by atoms with Crippen LogP contribution in [-0.4, -0.2) is 24.6 Å². The maximum Gasteiger partial charge on any atom is 0.220 e. The molecule has 0 unspecified atom stereocenters. The van der Waals surface area contributed by atoms with E-state index in [1.54, 1.807) is 18.4 Å². The van der Waals surface area contributed by atoms with Gasteiger partial charge in [-0.1, -0.05) is 30.3 Å². The van der Waals surface area contributed by atoms with E-state index in [2.05, 4.69) is 29.4 Å². The van der Waals surface area contributed by atoms with Crippen LogP contribution in [0, 0.1) is 6.92 Å². The average Bonchev–Trinajstić information content (AvgIpc) is 3.20. The molecule has 0 spiro atoms. The quantitative estimate of drug-likeness (QED) is 0.552. The molecule has 0 fully saturated rings. The first-order valence-corrected chi connectivity index (χ1v) is 10.6. The number of nitrogens with zero attached hydrogens (tertiary/aromatic N) is 1. The lowest BCUT2D eigenvalue weighted by Gasteiger charge is -2.11. The number of carbonyl (C=O) groups excluding carboxylic acids is 1. The van der Waals surface area contributed by atoms with Crippen molar-refractivity contribution >= 4 is 17.2 Å². The molecular formula is C23H26N2O3S. The van der Waals surface area contributed by atoms with Gasteiger partial charge >= 0.3 is 0 Å². The summed E-state index contributed by atoms with van der Waals surface area (Å²) >= 11 is 1.60. The van der Waals surface area contributed by atoms with Crippen LogP contribution in [0.25, 0.3) is 10.6 Å². The third-order valence-corrected chi connectivity index (χ3v) is 5.49. The van der Waals surface area contributed by atoms with Crippen molar-refractivity contribution < 1.29 is 14.3 Å². The fraction of sp³-hybridized carbons (Fsp3) is 0.304.